The fourth-order valence-corrected chi connectivity index (χ4v) is 4.73. The molecule has 0 aliphatic carbocycles. The molecule has 2 N–H and O–H groups in total. The molecule has 0 aliphatic heterocycles. The van der Waals surface area contributed by atoms with Gasteiger partial charge in [-0.05, 0) is 84.1 Å². The molecule has 0 spiro atoms. The molecule has 0 radical (unpaired) electrons. The maximum absolute atomic E-state index is 11.9. The third-order valence-corrected chi connectivity index (χ3v) is 6.96. The lowest BCUT2D eigenvalue weighted by atomic mass is 10.0. The van der Waals surface area contributed by atoms with Gasteiger partial charge in [-0.25, -0.2) is 0 Å². The SMILES string of the molecule is CCC.CCC.CCC.CCC.CCC.Cc1coc2c(CN(C)C)cccc2c1=O.Cc1coc2ccc(CC(C)N)cc2c1=O.Cc1coc2ccccc2c1=O. The van der Waals surface area contributed by atoms with Gasteiger partial charge in [-0.2, -0.15) is 0 Å². The van der Waals surface area contributed by atoms with Crippen LogP contribution in [0.3, 0.4) is 0 Å². The van der Waals surface area contributed by atoms with Crippen molar-refractivity contribution < 1.29 is 13.3 Å². The van der Waals surface area contributed by atoms with Crippen LogP contribution in [0.25, 0.3) is 32.9 Å². The maximum atomic E-state index is 11.9. The lowest BCUT2D eigenvalue weighted by molar-refractivity contribution is 0.401. The molecule has 6 rings (SSSR count). The van der Waals surface area contributed by atoms with Gasteiger partial charge in [0, 0.05) is 34.8 Å². The molecule has 6 aromatic rings. The minimum atomic E-state index is 0.0350. The highest BCUT2D eigenvalue weighted by Crippen LogP contribution is 2.18. The first-order valence-corrected chi connectivity index (χ1v) is 21.4. The second-order valence-electron chi connectivity index (χ2n) is 14.8. The van der Waals surface area contributed by atoms with Gasteiger partial charge in [0.15, 0.2) is 16.3 Å². The standard InChI is InChI=1S/2C13H15NO2.C10H8O2.5C3H8/c1-9-8-16-13-10(7-14(2)3)5-4-6-11(13)12(9)15;1-8-7-16-12-4-3-10(5-9(2)14)6-11(12)13(8)15;1-7-6-12-9-5-3-2-4-8(9)10(7)11;5*1-3-2/h4-6,8H,7H2,1-3H3;3-4,6-7,9H,5,14H2,1-2H3;2-6H,1H3;5*3H2,1-2H3. The zero-order chi connectivity index (χ0) is 45.5. The van der Waals surface area contributed by atoms with Crippen LogP contribution in [0.5, 0.6) is 0 Å². The fraction of sp³-hybridized carbons (Fsp3) is 0.471. The van der Waals surface area contributed by atoms with Crippen molar-refractivity contribution in [2.45, 2.75) is 148 Å². The van der Waals surface area contributed by atoms with Gasteiger partial charge in [0.05, 0.1) is 34.9 Å². The van der Waals surface area contributed by atoms with Gasteiger partial charge < -0.3 is 23.9 Å². The van der Waals surface area contributed by atoms with Gasteiger partial charge in [-0.15, -0.1) is 0 Å². The Morgan fingerprint density at radius 3 is 1.42 bits per heavy atom. The molecule has 0 saturated heterocycles. The van der Waals surface area contributed by atoms with E-state index in [1.165, 1.54) is 50.9 Å². The van der Waals surface area contributed by atoms with Crippen LogP contribution in [-0.2, 0) is 13.0 Å². The number of nitrogens with zero attached hydrogens (tertiary/aromatic N) is 1. The minimum absolute atomic E-state index is 0.0350. The van der Waals surface area contributed by atoms with Crippen LogP contribution in [0.1, 0.15) is 136 Å². The van der Waals surface area contributed by atoms with Crippen molar-refractivity contribution in [1.29, 1.82) is 0 Å². The van der Waals surface area contributed by atoms with Gasteiger partial charge in [0.2, 0.25) is 0 Å². The van der Waals surface area contributed by atoms with Crippen molar-refractivity contribution in [3.05, 3.63) is 138 Å². The molecular formula is C51H78N2O6. The molecule has 1 unspecified atom stereocenters. The monoisotopic (exact) mass is 815 g/mol. The Morgan fingerprint density at radius 2 is 0.949 bits per heavy atom. The third-order valence-electron chi connectivity index (χ3n) is 6.96. The highest BCUT2D eigenvalue weighted by atomic mass is 16.3. The van der Waals surface area contributed by atoms with E-state index < -0.39 is 0 Å². The zero-order valence-corrected chi connectivity index (χ0v) is 39.5. The predicted octanol–water partition coefficient (Wildman–Crippen LogP) is 13.3. The van der Waals surface area contributed by atoms with Crippen molar-refractivity contribution in [3.8, 4) is 0 Å². The van der Waals surface area contributed by atoms with E-state index in [9.17, 15) is 14.4 Å². The van der Waals surface area contributed by atoms with Crippen LogP contribution in [0.2, 0.25) is 0 Å². The average molecular weight is 815 g/mol. The van der Waals surface area contributed by atoms with E-state index in [0.29, 0.717) is 49.6 Å². The Bertz CT molecular complexity index is 2140. The first kappa shape index (κ1) is 56.3. The molecule has 0 saturated carbocycles. The van der Waals surface area contributed by atoms with Crippen LogP contribution in [0.15, 0.2) is 107 Å². The third kappa shape index (κ3) is 21.7. The highest BCUT2D eigenvalue weighted by Gasteiger charge is 2.09. The summed E-state index contributed by atoms with van der Waals surface area (Å²) < 4.78 is 16.1. The summed E-state index contributed by atoms with van der Waals surface area (Å²) in [5, 5.41) is 1.95. The van der Waals surface area contributed by atoms with Crippen LogP contribution in [0.4, 0.5) is 0 Å². The summed E-state index contributed by atoms with van der Waals surface area (Å²) in [5.74, 6) is 0. The second kappa shape index (κ2) is 33.1. The molecule has 3 aromatic heterocycles. The van der Waals surface area contributed by atoms with Crippen molar-refractivity contribution in [2.24, 2.45) is 5.73 Å². The van der Waals surface area contributed by atoms with E-state index in [2.05, 4.69) is 74.1 Å². The summed E-state index contributed by atoms with van der Waals surface area (Å²) >= 11 is 0. The van der Waals surface area contributed by atoms with E-state index in [-0.39, 0.29) is 22.3 Å². The number of hydrogen-bond acceptors (Lipinski definition) is 8. The number of hydrogen-bond donors (Lipinski definition) is 1. The van der Waals surface area contributed by atoms with Crippen molar-refractivity contribution >= 4 is 32.9 Å². The topological polar surface area (TPSA) is 120 Å². The zero-order valence-electron chi connectivity index (χ0n) is 39.5. The summed E-state index contributed by atoms with van der Waals surface area (Å²) in [7, 11) is 3.98. The van der Waals surface area contributed by atoms with Gasteiger partial charge >= 0.3 is 0 Å². The first-order chi connectivity index (χ1) is 28.0. The van der Waals surface area contributed by atoms with Gasteiger partial charge in [-0.1, -0.05) is 132 Å². The summed E-state index contributed by atoms with van der Waals surface area (Å²) in [4.78, 5) is 37.3. The number of rotatable bonds is 4. The minimum Gasteiger partial charge on any atom is -0.464 e. The Balaban J connectivity index is 0. The normalized spacial score (nSPS) is 10.2. The molecule has 59 heavy (non-hydrogen) atoms. The largest absolute Gasteiger partial charge is 0.464 e. The van der Waals surface area contributed by atoms with Crippen LogP contribution >= 0.6 is 0 Å². The predicted molar refractivity (Wildman–Crippen MR) is 256 cm³/mol. The van der Waals surface area contributed by atoms with E-state index in [4.69, 9.17) is 19.0 Å². The van der Waals surface area contributed by atoms with Gasteiger partial charge in [0.1, 0.15) is 16.7 Å². The molecular weight excluding hydrogens is 737 g/mol. The maximum Gasteiger partial charge on any atom is 0.195 e. The molecule has 8 heteroatoms. The Hall–Kier alpha value is -4.79. The fourth-order valence-electron chi connectivity index (χ4n) is 4.73. The number of para-hydroxylation sites is 2. The molecule has 0 amide bonds. The molecule has 3 heterocycles. The molecule has 8 nitrogen and oxygen atoms in total. The molecule has 0 bridgehead atoms. The Labute approximate surface area is 355 Å². The summed E-state index contributed by atoms with van der Waals surface area (Å²) in [5.41, 5.74) is 11.9. The molecule has 1 atom stereocenters. The van der Waals surface area contributed by atoms with Crippen molar-refractivity contribution in [3.63, 3.8) is 0 Å². The summed E-state index contributed by atoms with van der Waals surface area (Å²) in [6.45, 7) is 29.2. The van der Waals surface area contributed by atoms with Crippen molar-refractivity contribution in [1.82, 2.24) is 4.90 Å². The lowest BCUT2D eigenvalue weighted by Crippen LogP contribution is -2.17. The number of aryl methyl sites for hydroxylation is 3. The van der Waals surface area contributed by atoms with Crippen LogP contribution < -0.4 is 22.0 Å². The number of benzene rings is 3. The van der Waals surface area contributed by atoms with Crippen LogP contribution in [-0.4, -0.2) is 25.0 Å². The second-order valence-corrected chi connectivity index (χ2v) is 14.8. The van der Waals surface area contributed by atoms with E-state index in [0.717, 1.165) is 24.1 Å². The lowest BCUT2D eigenvalue weighted by Gasteiger charge is -2.11. The molecule has 0 fully saturated rings. The summed E-state index contributed by atoms with van der Waals surface area (Å²) in [6, 6.07) is 18.7. The molecule has 328 valence electrons. The first-order valence-electron chi connectivity index (χ1n) is 21.4. The Kier molecular flexibility index (Phi) is 31.6. The van der Waals surface area contributed by atoms with E-state index in [1.54, 1.807) is 32.9 Å². The van der Waals surface area contributed by atoms with E-state index in [1.807, 2.05) is 69.6 Å². The average Bonchev–Trinajstić information content (AvgIpc) is 3.18. The quantitative estimate of drug-likeness (QED) is 0.187. The summed E-state index contributed by atoms with van der Waals surface area (Å²) in [6.07, 6.45) is 11.5. The smallest absolute Gasteiger partial charge is 0.195 e. The van der Waals surface area contributed by atoms with E-state index >= 15 is 0 Å². The van der Waals surface area contributed by atoms with Crippen molar-refractivity contribution in [2.75, 3.05) is 14.1 Å². The molecule has 3 aromatic carbocycles. The van der Waals surface area contributed by atoms with Gasteiger partial charge in [0.25, 0.3) is 0 Å². The van der Waals surface area contributed by atoms with Crippen LogP contribution in [0, 0.1) is 20.8 Å². The molecule has 0 aliphatic rings. The number of nitrogens with two attached hydrogens (primary N) is 1. The Morgan fingerprint density at radius 1 is 0.542 bits per heavy atom. The van der Waals surface area contributed by atoms with Gasteiger partial charge in [-0.3, -0.25) is 14.4 Å². The highest BCUT2D eigenvalue weighted by molar-refractivity contribution is 5.80. The number of fused-ring (bicyclic) bond motifs is 3.